The Kier molecular flexibility index (Phi) is 5.91. The number of hydrogen-bond donors (Lipinski definition) is 1. The summed E-state index contributed by atoms with van der Waals surface area (Å²) in [6, 6.07) is 14.0. The van der Waals surface area contributed by atoms with Crippen molar-refractivity contribution in [3.05, 3.63) is 59.2 Å². The van der Waals surface area contributed by atoms with Gasteiger partial charge in [-0.15, -0.1) is 0 Å². The highest BCUT2D eigenvalue weighted by molar-refractivity contribution is 6.16. The number of carbonyl (C=O) groups is 2. The van der Waals surface area contributed by atoms with Gasteiger partial charge in [-0.3, -0.25) is 9.59 Å². The van der Waals surface area contributed by atoms with Crippen LogP contribution in [-0.4, -0.2) is 18.3 Å². The minimum atomic E-state index is -1.42. The molecule has 0 unspecified atom stereocenters. The molecule has 0 heterocycles. The van der Waals surface area contributed by atoms with E-state index in [1.54, 1.807) is 43.3 Å². The number of nitrogens with one attached hydrogen (secondary N) is 1. The van der Waals surface area contributed by atoms with E-state index < -0.39 is 17.6 Å². The predicted octanol–water partition coefficient (Wildman–Crippen LogP) is 3.66. The molecule has 1 amide bonds. The Hall–Kier alpha value is -3.13. The maximum atomic E-state index is 12.7. The molecule has 1 N–H and O–H groups in total. The Bertz CT molecular complexity index is 837. The quantitative estimate of drug-likeness (QED) is 0.645. The highest BCUT2D eigenvalue weighted by atomic mass is 16.5. The highest BCUT2D eigenvalue weighted by Gasteiger charge is 2.29. The molecule has 25 heavy (non-hydrogen) atoms. The Labute approximate surface area is 147 Å². The van der Waals surface area contributed by atoms with Crippen LogP contribution in [0, 0.1) is 31.1 Å². The van der Waals surface area contributed by atoms with Crippen molar-refractivity contribution in [3.8, 4) is 11.8 Å². The highest BCUT2D eigenvalue weighted by Crippen LogP contribution is 2.25. The maximum Gasteiger partial charge on any atom is 0.249 e. The number of amides is 1. The minimum absolute atomic E-state index is 0.389. The van der Waals surface area contributed by atoms with Crippen LogP contribution < -0.4 is 10.1 Å². The van der Waals surface area contributed by atoms with Crippen LogP contribution in [0.25, 0.3) is 0 Å². The third-order valence-electron chi connectivity index (χ3n) is 3.97. The van der Waals surface area contributed by atoms with E-state index in [1.165, 1.54) is 0 Å². The fourth-order valence-electron chi connectivity index (χ4n) is 2.47. The van der Waals surface area contributed by atoms with Gasteiger partial charge in [0.05, 0.1) is 18.4 Å². The second-order valence-electron chi connectivity index (χ2n) is 5.59. The monoisotopic (exact) mass is 336 g/mol. The van der Waals surface area contributed by atoms with Gasteiger partial charge in [-0.25, -0.2) is 0 Å². The molecule has 5 nitrogen and oxygen atoms in total. The van der Waals surface area contributed by atoms with Crippen LogP contribution in [0.2, 0.25) is 0 Å². The molecule has 0 radical (unpaired) electrons. The van der Waals surface area contributed by atoms with Crippen LogP contribution >= 0.6 is 0 Å². The van der Waals surface area contributed by atoms with Crippen molar-refractivity contribution in [1.29, 1.82) is 5.26 Å². The Morgan fingerprint density at radius 3 is 2.56 bits per heavy atom. The lowest BCUT2D eigenvalue weighted by atomic mass is 9.92. The van der Waals surface area contributed by atoms with Gasteiger partial charge in [-0.05, 0) is 44.0 Å². The van der Waals surface area contributed by atoms with E-state index in [9.17, 15) is 14.9 Å². The zero-order chi connectivity index (χ0) is 18.4. The molecule has 2 aromatic carbocycles. The lowest BCUT2D eigenvalue weighted by Gasteiger charge is -2.14. The van der Waals surface area contributed by atoms with Crippen LogP contribution in [0.3, 0.4) is 0 Å². The third kappa shape index (κ3) is 4.04. The normalized spacial score (nSPS) is 11.3. The van der Waals surface area contributed by atoms with Crippen molar-refractivity contribution in [2.45, 2.75) is 20.8 Å². The number of ether oxygens (including phenoxy) is 1. The SMILES string of the molecule is CCOc1ccccc1NC(=O)[C@@H](C#N)C(=O)c1cccc(C)c1C. The van der Waals surface area contributed by atoms with E-state index in [2.05, 4.69) is 5.32 Å². The minimum Gasteiger partial charge on any atom is -0.492 e. The lowest BCUT2D eigenvalue weighted by molar-refractivity contribution is -0.117. The number of anilines is 1. The summed E-state index contributed by atoms with van der Waals surface area (Å²) in [6.45, 7) is 5.96. The average molecular weight is 336 g/mol. The lowest BCUT2D eigenvalue weighted by Crippen LogP contribution is -2.29. The summed E-state index contributed by atoms with van der Waals surface area (Å²) in [6.07, 6.45) is 0. The smallest absolute Gasteiger partial charge is 0.249 e. The van der Waals surface area contributed by atoms with Crippen molar-refractivity contribution in [2.75, 3.05) is 11.9 Å². The van der Waals surface area contributed by atoms with Crippen molar-refractivity contribution < 1.29 is 14.3 Å². The average Bonchev–Trinajstić information content (AvgIpc) is 2.60. The van der Waals surface area contributed by atoms with E-state index >= 15 is 0 Å². The molecule has 0 aliphatic heterocycles. The molecule has 0 bridgehead atoms. The first-order valence-corrected chi connectivity index (χ1v) is 8.02. The van der Waals surface area contributed by atoms with Crippen molar-refractivity contribution in [2.24, 2.45) is 5.92 Å². The van der Waals surface area contributed by atoms with Gasteiger partial charge in [0, 0.05) is 5.56 Å². The zero-order valence-corrected chi connectivity index (χ0v) is 14.5. The standard InChI is InChI=1S/C20H20N2O3/c1-4-25-18-11-6-5-10-17(18)22-20(24)16(12-21)19(23)15-9-7-8-13(2)14(15)3/h5-11,16H,4H2,1-3H3,(H,22,24)/t16-/m0/s1. The number of benzene rings is 2. The molecule has 2 rings (SSSR count). The van der Waals surface area contributed by atoms with Crippen LogP contribution in [0.1, 0.15) is 28.4 Å². The summed E-state index contributed by atoms with van der Waals surface area (Å²) in [5.74, 6) is -2.10. The van der Waals surface area contributed by atoms with E-state index in [1.807, 2.05) is 26.0 Å². The van der Waals surface area contributed by atoms with E-state index in [0.29, 0.717) is 23.6 Å². The first kappa shape index (κ1) is 18.2. The van der Waals surface area contributed by atoms with Crippen LogP contribution in [-0.2, 0) is 4.79 Å². The maximum absolute atomic E-state index is 12.7. The summed E-state index contributed by atoms with van der Waals surface area (Å²) < 4.78 is 5.45. The number of hydrogen-bond acceptors (Lipinski definition) is 4. The topological polar surface area (TPSA) is 79.2 Å². The second kappa shape index (κ2) is 8.11. The summed E-state index contributed by atoms with van der Waals surface area (Å²) in [5.41, 5.74) is 2.53. The van der Waals surface area contributed by atoms with Crippen LogP contribution in [0.4, 0.5) is 5.69 Å². The molecule has 128 valence electrons. The molecule has 0 aliphatic rings. The second-order valence-corrected chi connectivity index (χ2v) is 5.59. The molecule has 1 atom stereocenters. The summed E-state index contributed by atoms with van der Waals surface area (Å²) >= 11 is 0. The van der Waals surface area contributed by atoms with Gasteiger partial charge in [0.15, 0.2) is 11.7 Å². The van der Waals surface area contributed by atoms with Crippen molar-refractivity contribution in [1.82, 2.24) is 0 Å². The van der Waals surface area contributed by atoms with Crippen molar-refractivity contribution in [3.63, 3.8) is 0 Å². The summed E-state index contributed by atoms with van der Waals surface area (Å²) in [4.78, 5) is 25.2. The molecule has 0 aromatic heterocycles. The van der Waals surface area contributed by atoms with E-state index in [-0.39, 0.29) is 0 Å². The van der Waals surface area contributed by atoms with Gasteiger partial charge in [0.1, 0.15) is 5.75 Å². The number of nitrogens with zero attached hydrogens (tertiary/aromatic N) is 1. The van der Waals surface area contributed by atoms with Gasteiger partial charge in [0.25, 0.3) is 0 Å². The molecule has 0 saturated carbocycles. The van der Waals surface area contributed by atoms with Gasteiger partial charge >= 0.3 is 0 Å². The molecule has 0 spiro atoms. The van der Waals surface area contributed by atoms with Crippen LogP contribution in [0.5, 0.6) is 5.75 Å². The number of carbonyl (C=O) groups excluding carboxylic acids is 2. The number of nitriles is 1. The van der Waals surface area contributed by atoms with E-state index in [4.69, 9.17) is 4.74 Å². The number of aryl methyl sites for hydroxylation is 1. The molecule has 0 fully saturated rings. The number of Topliss-reactive ketones (excluding diaryl/α,β-unsaturated/α-hetero) is 1. The molecule has 0 saturated heterocycles. The number of rotatable bonds is 6. The summed E-state index contributed by atoms with van der Waals surface area (Å²) in [7, 11) is 0. The Morgan fingerprint density at radius 1 is 1.16 bits per heavy atom. The predicted molar refractivity (Wildman–Crippen MR) is 95.6 cm³/mol. The number of ketones is 1. The van der Waals surface area contributed by atoms with Gasteiger partial charge < -0.3 is 10.1 Å². The number of para-hydroxylation sites is 2. The van der Waals surface area contributed by atoms with E-state index in [0.717, 1.165) is 11.1 Å². The van der Waals surface area contributed by atoms with Crippen molar-refractivity contribution >= 4 is 17.4 Å². The zero-order valence-electron chi connectivity index (χ0n) is 14.5. The first-order valence-electron chi connectivity index (χ1n) is 8.02. The fraction of sp³-hybridized carbons (Fsp3) is 0.250. The third-order valence-corrected chi connectivity index (χ3v) is 3.97. The molecular weight excluding hydrogens is 316 g/mol. The molecular formula is C20H20N2O3. The fourth-order valence-corrected chi connectivity index (χ4v) is 2.47. The van der Waals surface area contributed by atoms with Gasteiger partial charge in [-0.2, -0.15) is 5.26 Å². The summed E-state index contributed by atoms with van der Waals surface area (Å²) in [5, 5.41) is 12.0. The molecule has 5 heteroatoms. The van der Waals surface area contributed by atoms with Crippen LogP contribution in [0.15, 0.2) is 42.5 Å². The first-order chi connectivity index (χ1) is 12.0. The molecule has 2 aromatic rings. The Balaban J connectivity index is 2.26. The van der Waals surface area contributed by atoms with Gasteiger partial charge in [0.2, 0.25) is 5.91 Å². The van der Waals surface area contributed by atoms with Gasteiger partial charge in [-0.1, -0.05) is 30.3 Å². The Morgan fingerprint density at radius 2 is 1.88 bits per heavy atom. The largest absolute Gasteiger partial charge is 0.492 e. The molecule has 0 aliphatic carbocycles.